The number of halogens is 3. The topological polar surface area (TPSA) is 83.0 Å². The number of ether oxygens (including phenoxy) is 1. The van der Waals surface area contributed by atoms with Gasteiger partial charge < -0.3 is 14.7 Å². The van der Waals surface area contributed by atoms with Crippen molar-refractivity contribution in [3.05, 3.63) is 75.7 Å². The number of alkyl halides is 3. The van der Waals surface area contributed by atoms with Crippen molar-refractivity contribution in [1.29, 1.82) is 0 Å². The van der Waals surface area contributed by atoms with Crippen molar-refractivity contribution in [2.24, 2.45) is 0 Å². The van der Waals surface area contributed by atoms with Gasteiger partial charge in [-0.25, -0.2) is 4.98 Å². The van der Waals surface area contributed by atoms with Crippen LogP contribution in [0.4, 0.5) is 18.9 Å². The third-order valence-electron chi connectivity index (χ3n) is 5.72. The molecule has 37 heavy (non-hydrogen) atoms. The van der Waals surface area contributed by atoms with Crippen LogP contribution in [-0.4, -0.2) is 52.6 Å². The number of carbonyl (C=O) groups is 2. The third-order valence-corrected chi connectivity index (χ3v) is 6.49. The van der Waals surface area contributed by atoms with E-state index in [0.29, 0.717) is 13.1 Å². The first-order valence-corrected chi connectivity index (χ1v) is 12.1. The number of terminal acetylenes is 1. The number of carbonyl (C=O) groups excluding carboxylic acids is 2. The molecular weight excluding hydrogens is 507 g/mol. The minimum atomic E-state index is -4.75. The fourth-order valence-electron chi connectivity index (χ4n) is 4.06. The van der Waals surface area contributed by atoms with Crippen LogP contribution < -0.4 is 9.64 Å². The number of anilines is 1. The van der Waals surface area contributed by atoms with Crippen LogP contribution in [0.1, 0.15) is 33.0 Å². The van der Waals surface area contributed by atoms with E-state index in [1.54, 1.807) is 4.90 Å². The molecule has 0 spiro atoms. The largest absolute Gasteiger partial charge is 0.491 e. The maximum absolute atomic E-state index is 13.7. The van der Waals surface area contributed by atoms with E-state index in [1.807, 2.05) is 30.3 Å². The maximum Gasteiger partial charge on any atom is 0.416 e. The molecule has 11 heteroatoms. The Morgan fingerprint density at radius 1 is 1.27 bits per heavy atom. The van der Waals surface area contributed by atoms with Gasteiger partial charge in [0.2, 0.25) is 5.91 Å². The van der Waals surface area contributed by atoms with Crippen molar-refractivity contribution in [3.8, 4) is 18.1 Å². The van der Waals surface area contributed by atoms with E-state index in [1.165, 1.54) is 11.4 Å². The molecule has 1 fully saturated rings. The lowest BCUT2D eigenvalue weighted by Gasteiger charge is -2.29. The molecule has 2 amide bonds. The number of aromatic nitrogens is 1. The lowest BCUT2D eigenvalue weighted by molar-refractivity contribution is -0.137. The molecular formula is C26H22F3N3O4S. The van der Waals surface area contributed by atoms with Gasteiger partial charge in [0.25, 0.3) is 5.91 Å². The van der Waals surface area contributed by atoms with Gasteiger partial charge in [0.1, 0.15) is 24.1 Å². The fraction of sp³-hybridized carbons (Fsp3) is 0.269. The smallest absolute Gasteiger partial charge is 0.416 e. The van der Waals surface area contributed by atoms with Gasteiger partial charge >= 0.3 is 6.18 Å². The maximum atomic E-state index is 13.7. The molecule has 4 rings (SSSR count). The second kappa shape index (κ2) is 11.0. The molecule has 1 saturated heterocycles. The molecule has 1 N–H and O–H groups in total. The summed E-state index contributed by atoms with van der Waals surface area (Å²) in [5.74, 6) is 0.959. The SMILES string of the molecule is C#Cc1nc(C(=O)N(c2cc(OCCO)cc(C(F)(F)F)c2)C2CCN(Cc3ccccc3)C2=O)cs1. The lowest BCUT2D eigenvalue weighted by atomic mass is 10.1. The van der Waals surface area contributed by atoms with Crippen molar-refractivity contribution >= 4 is 28.8 Å². The van der Waals surface area contributed by atoms with E-state index in [-0.39, 0.29) is 35.2 Å². The molecule has 192 valence electrons. The number of likely N-dealkylation sites (tertiary alicyclic amines) is 1. The van der Waals surface area contributed by atoms with Crippen LogP contribution in [-0.2, 0) is 17.5 Å². The van der Waals surface area contributed by atoms with Crippen LogP contribution >= 0.6 is 11.3 Å². The number of benzene rings is 2. The summed E-state index contributed by atoms with van der Waals surface area (Å²) in [5, 5.41) is 10.7. The molecule has 1 aliphatic heterocycles. The molecule has 0 saturated carbocycles. The molecule has 0 bridgehead atoms. The first kappa shape index (κ1) is 26.2. The van der Waals surface area contributed by atoms with Gasteiger partial charge in [-0.05, 0) is 30.0 Å². The summed E-state index contributed by atoms with van der Waals surface area (Å²) in [6, 6.07) is 11.0. The molecule has 1 aliphatic rings. The van der Waals surface area contributed by atoms with E-state index < -0.39 is 36.2 Å². The predicted octanol–water partition coefficient (Wildman–Crippen LogP) is 3.96. The Balaban J connectivity index is 1.76. The third kappa shape index (κ3) is 5.93. The number of aliphatic hydroxyl groups excluding tert-OH is 1. The Labute approximate surface area is 215 Å². The Kier molecular flexibility index (Phi) is 7.80. The van der Waals surface area contributed by atoms with Gasteiger partial charge in [0.05, 0.1) is 12.2 Å². The van der Waals surface area contributed by atoms with Gasteiger partial charge in [0, 0.05) is 30.2 Å². The molecule has 1 unspecified atom stereocenters. The summed E-state index contributed by atoms with van der Waals surface area (Å²) in [6.45, 7) is -0.0672. The van der Waals surface area contributed by atoms with Crippen molar-refractivity contribution in [2.75, 3.05) is 24.7 Å². The van der Waals surface area contributed by atoms with Gasteiger partial charge in [-0.2, -0.15) is 13.2 Å². The van der Waals surface area contributed by atoms with Crippen molar-refractivity contribution in [3.63, 3.8) is 0 Å². The monoisotopic (exact) mass is 529 g/mol. The number of amides is 2. The number of rotatable bonds is 8. The van der Waals surface area contributed by atoms with Crippen molar-refractivity contribution < 1.29 is 32.6 Å². The van der Waals surface area contributed by atoms with Crippen LogP contribution in [0.2, 0.25) is 0 Å². The number of thiazole rings is 1. The Morgan fingerprint density at radius 2 is 2.03 bits per heavy atom. The molecule has 2 heterocycles. The highest BCUT2D eigenvalue weighted by Crippen LogP contribution is 2.37. The highest BCUT2D eigenvalue weighted by molar-refractivity contribution is 7.10. The highest BCUT2D eigenvalue weighted by atomic mass is 32.1. The van der Waals surface area contributed by atoms with Crippen LogP contribution in [0, 0.1) is 12.3 Å². The van der Waals surface area contributed by atoms with Gasteiger partial charge in [0.15, 0.2) is 5.01 Å². The number of nitrogens with zero attached hydrogens (tertiary/aromatic N) is 3. The summed E-state index contributed by atoms with van der Waals surface area (Å²) in [6.07, 6.45) is 0.820. The quantitative estimate of drug-likeness (QED) is 0.447. The van der Waals surface area contributed by atoms with Crippen molar-refractivity contribution in [2.45, 2.75) is 25.2 Å². The average Bonchev–Trinajstić information content (AvgIpc) is 3.50. The molecule has 2 aromatic carbocycles. The van der Waals surface area contributed by atoms with Crippen molar-refractivity contribution in [1.82, 2.24) is 9.88 Å². The Morgan fingerprint density at radius 3 is 2.68 bits per heavy atom. The molecule has 1 aromatic heterocycles. The normalized spacial score (nSPS) is 15.5. The van der Waals surface area contributed by atoms with Gasteiger partial charge in [-0.15, -0.1) is 17.8 Å². The van der Waals surface area contributed by atoms with Crippen LogP contribution in [0.25, 0.3) is 0 Å². The number of hydrogen-bond donors (Lipinski definition) is 1. The average molecular weight is 530 g/mol. The zero-order valence-electron chi connectivity index (χ0n) is 19.4. The van der Waals surface area contributed by atoms with E-state index in [9.17, 15) is 22.8 Å². The lowest BCUT2D eigenvalue weighted by Crippen LogP contribution is -2.45. The summed E-state index contributed by atoms with van der Waals surface area (Å²) in [7, 11) is 0. The van der Waals surface area contributed by atoms with Gasteiger partial charge in [-0.1, -0.05) is 30.3 Å². The predicted molar refractivity (Wildman–Crippen MR) is 131 cm³/mol. The first-order chi connectivity index (χ1) is 17.7. The van der Waals surface area contributed by atoms with Gasteiger partial charge in [-0.3, -0.25) is 14.5 Å². The summed E-state index contributed by atoms with van der Waals surface area (Å²) < 4.78 is 46.5. The van der Waals surface area contributed by atoms with E-state index >= 15 is 0 Å². The van der Waals surface area contributed by atoms with E-state index in [0.717, 1.165) is 33.9 Å². The molecule has 7 nitrogen and oxygen atoms in total. The number of aliphatic hydroxyl groups is 1. The molecule has 0 aliphatic carbocycles. The molecule has 0 radical (unpaired) electrons. The zero-order valence-corrected chi connectivity index (χ0v) is 20.3. The standard InChI is InChI=1S/C26H22F3N3O4S/c1-2-23-30-21(16-37-23)24(34)32(19-12-18(26(27,28)29)13-20(14-19)36-11-10-33)22-8-9-31(25(22)35)15-17-6-4-3-5-7-17/h1,3-7,12-14,16,22,33H,8-11,15H2. The molecule has 1 atom stereocenters. The highest BCUT2D eigenvalue weighted by Gasteiger charge is 2.41. The minimum Gasteiger partial charge on any atom is -0.491 e. The van der Waals surface area contributed by atoms with Crippen LogP contribution in [0.3, 0.4) is 0 Å². The fourth-order valence-corrected chi connectivity index (χ4v) is 4.65. The van der Waals surface area contributed by atoms with E-state index in [2.05, 4.69) is 10.9 Å². The zero-order chi connectivity index (χ0) is 26.6. The summed E-state index contributed by atoms with van der Waals surface area (Å²) in [4.78, 5) is 33.8. The summed E-state index contributed by atoms with van der Waals surface area (Å²) in [5.41, 5.74) is -0.443. The molecule has 3 aromatic rings. The van der Waals surface area contributed by atoms with Crippen LogP contribution in [0.5, 0.6) is 5.75 Å². The first-order valence-electron chi connectivity index (χ1n) is 11.3. The minimum absolute atomic E-state index is 0.0810. The Hall–Kier alpha value is -3.88. The second-order valence-corrected chi connectivity index (χ2v) is 9.05. The second-order valence-electron chi connectivity index (χ2n) is 8.19. The van der Waals surface area contributed by atoms with E-state index in [4.69, 9.17) is 16.3 Å². The van der Waals surface area contributed by atoms with Crippen LogP contribution in [0.15, 0.2) is 53.9 Å². The summed E-state index contributed by atoms with van der Waals surface area (Å²) >= 11 is 1.04. The number of hydrogen-bond acceptors (Lipinski definition) is 6. The Bertz CT molecular complexity index is 1320.